The van der Waals surface area contributed by atoms with Crippen molar-refractivity contribution in [1.82, 2.24) is 10.3 Å². The second-order valence-electron chi connectivity index (χ2n) is 4.31. The Bertz CT molecular complexity index is 363. The molecule has 0 amide bonds. The Hall–Kier alpha value is -1.62. The number of aromatic nitrogens is 1. The van der Waals surface area contributed by atoms with Crippen LogP contribution < -0.4 is 10.2 Å². The van der Waals surface area contributed by atoms with Gasteiger partial charge in [-0.1, -0.05) is 0 Å². The molecule has 100 valence electrons. The van der Waals surface area contributed by atoms with Gasteiger partial charge in [-0.2, -0.15) is 0 Å². The SMILES string of the molecule is CNC1CCN(c2ccnc(C)c2)CC1.O=CO. The molecule has 0 radical (unpaired) electrons. The molecule has 1 aliphatic heterocycles. The lowest BCUT2D eigenvalue weighted by Crippen LogP contribution is -2.41. The minimum atomic E-state index is -0.250. The molecule has 0 saturated carbocycles. The van der Waals surface area contributed by atoms with Crippen molar-refractivity contribution in [2.75, 3.05) is 25.0 Å². The number of carbonyl (C=O) groups is 1. The predicted octanol–water partition coefficient (Wildman–Crippen LogP) is 1.28. The molecule has 1 aromatic heterocycles. The molecule has 5 nitrogen and oxygen atoms in total. The van der Waals surface area contributed by atoms with Crippen LogP contribution in [-0.2, 0) is 4.79 Å². The van der Waals surface area contributed by atoms with E-state index in [2.05, 4.69) is 34.4 Å². The van der Waals surface area contributed by atoms with Crippen LogP contribution in [0.2, 0.25) is 0 Å². The van der Waals surface area contributed by atoms with Gasteiger partial charge in [0.2, 0.25) is 0 Å². The van der Waals surface area contributed by atoms with Crippen molar-refractivity contribution in [2.45, 2.75) is 25.8 Å². The molecule has 0 spiro atoms. The van der Waals surface area contributed by atoms with Crippen molar-refractivity contribution in [3.05, 3.63) is 24.0 Å². The number of aryl methyl sites for hydroxylation is 1. The minimum absolute atomic E-state index is 0.250. The molecule has 0 atom stereocenters. The second-order valence-corrected chi connectivity index (χ2v) is 4.31. The third-order valence-electron chi connectivity index (χ3n) is 3.15. The number of nitrogens with zero attached hydrogens (tertiary/aromatic N) is 2. The number of hydrogen-bond acceptors (Lipinski definition) is 4. The zero-order valence-electron chi connectivity index (χ0n) is 11.0. The van der Waals surface area contributed by atoms with Gasteiger partial charge in [-0.05, 0) is 38.9 Å². The lowest BCUT2D eigenvalue weighted by molar-refractivity contribution is -0.122. The Labute approximate surface area is 108 Å². The summed E-state index contributed by atoms with van der Waals surface area (Å²) in [5, 5.41) is 10.2. The van der Waals surface area contributed by atoms with Crippen LogP contribution in [0.3, 0.4) is 0 Å². The van der Waals surface area contributed by atoms with Crippen molar-refractivity contribution in [3.8, 4) is 0 Å². The predicted molar refractivity (Wildman–Crippen MR) is 72.0 cm³/mol. The van der Waals surface area contributed by atoms with Crippen LogP contribution in [-0.4, -0.2) is 42.7 Å². The van der Waals surface area contributed by atoms with Gasteiger partial charge in [0, 0.05) is 36.7 Å². The fraction of sp³-hybridized carbons (Fsp3) is 0.538. The van der Waals surface area contributed by atoms with Crippen LogP contribution in [0.5, 0.6) is 0 Å². The maximum absolute atomic E-state index is 8.36. The van der Waals surface area contributed by atoms with E-state index in [0.29, 0.717) is 6.04 Å². The lowest BCUT2D eigenvalue weighted by atomic mass is 10.0. The quantitative estimate of drug-likeness (QED) is 0.775. The Morgan fingerprint density at radius 2 is 2.11 bits per heavy atom. The monoisotopic (exact) mass is 251 g/mol. The molecule has 1 fully saturated rings. The summed E-state index contributed by atoms with van der Waals surface area (Å²) in [6, 6.07) is 4.97. The Morgan fingerprint density at radius 3 is 2.61 bits per heavy atom. The van der Waals surface area contributed by atoms with Crippen LogP contribution in [0, 0.1) is 6.92 Å². The smallest absolute Gasteiger partial charge is 0.290 e. The van der Waals surface area contributed by atoms with Crippen molar-refractivity contribution in [1.29, 1.82) is 0 Å². The maximum atomic E-state index is 8.36. The molecule has 1 saturated heterocycles. The van der Waals surface area contributed by atoms with Crippen molar-refractivity contribution in [2.24, 2.45) is 0 Å². The summed E-state index contributed by atoms with van der Waals surface area (Å²) in [6.07, 6.45) is 4.37. The van der Waals surface area contributed by atoms with Gasteiger partial charge in [-0.15, -0.1) is 0 Å². The maximum Gasteiger partial charge on any atom is 0.290 e. The molecule has 0 aromatic carbocycles. The molecule has 0 aliphatic carbocycles. The highest BCUT2D eigenvalue weighted by atomic mass is 16.3. The van der Waals surface area contributed by atoms with Gasteiger partial charge in [0.1, 0.15) is 0 Å². The van der Waals surface area contributed by atoms with E-state index in [1.165, 1.54) is 18.5 Å². The topological polar surface area (TPSA) is 65.5 Å². The fourth-order valence-corrected chi connectivity index (χ4v) is 2.15. The van der Waals surface area contributed by atoms with Crippen LogP contribution in [0.4, 0.5) is 5.69 Å². The molecule has 1 aliphatic rings. The van der Waals surface area contributed by atoms with Gasteiger partial charge in [0.05, 0.1) is 0 Å². The highest BCUT2D eigenvalue weighted by Crippen LogP contribution is 2.19. The zero-order valence-corrected chi connectivity index (χ0v) is 11.0. The minimum Gasteiger partial charge on any atom is -0.483 e. The number of piperidine rings is 1. The van der Waals surface area contributed by atoms with E-state index in [1.807, 2.05) is 13.1 Å². The number of anilines is 1. The number of rotatable bonds is 2. The molecule has 2 heterocycles. The molecule has 1 aromatic rings. The normalized spacial score (nSPS) is 15.8. The standard InChI is InChI=1S/C12H19N3.CH2O2/c1-10-9-12(3-6-14-10)15-7-4-11(13-2)5-8-15;2-1-3/h3,6,9,11,13H,4-5,7-8H2,1-2H3;1H,(H,2,3). The molecule has 0 bridgehead atoms. The first-order valence-electron chi connectivity index (χ1n) is 6.14. The highest BCUT2D eigenvalue weighted by Gasteiger charge is 2.17. The van der Waals surface area contributed by atoms with Gasteiger partial charge < -0.3 is 15.3 Å². The molecule has 18 heavy (non-hydrogen) atoms. The largest absolute Gasteiger partial charge is 0.483 e. The third-order valence-corrected chi connectivity index (χ3v) is 3.15. The molecular weight excluding hydrogens is 230 g/mol. The number of hydrogen-bond donors (Lipinski definition) is 2. The highest BCUT2D eigenvalue weighted by molar-refractivity contribution is 5.46. The molecule has 2 N–H and O–H groups in total. The van der Waals surface area contributed by atoms with E-state index in [-0.39, 0.29) is 6.47 Å². The first kappa shape index (κ1) is 14.4. The lowest BCUT2D eigenvalue weighted by Gasteiger charge is -2.33. The van der Waals surface area contributed by atoms with E-state index in [9.17, 15) is 0 Å². The fourth-order valence-electron chi connectivity index (χ4n) is 2.15. The van der Waals surface area contributed by atoms with E-state index in [4.69, 9.17) is 9.90 Å². The van der Waals surface area contributed by atoms with Crippen molar-refractivity contribution in [3.63, 3.8) is 0 Å². The number of pyridine rings is 1. The number of nitrogens with one attached hydrogen (secondary N) is 1. The van der Waals surface area contributed by atoms with E-state index >= 15 is 0 Å². The van der Waals surface area contributed by atoms with Gasteiger partial charge in [0.25, 0.3) is 6.47 Å². The van der Waals surface area contributed by atoms with Crippen LogP contribution in [0.15, 0.2) is 18.3 Å². The molecular formula is C13H21N3O2. The summed E-state index contributed by atoms with van der Waals surface area (Å²) in [5.41, 5.74) is 2.42. The average Bonchev–Trinajstić information content (AvgIpc) is 2.40. The van der Waals surface area contributed by atoms with Crippen LogP contribution in [0.1, 0.15) is 18.5 Å². The summed E-state index contributed by atoms with van der Waals surface area (Å²) in [4.78, 5) is 15.0. The van der Waals surface area contributed by atoms with Gasteiger partial charge >= 0.3 is 0 Å². The molecule has 5 heteroatoms. The summed E-state index contributed by atoms with van der Waals surface area (Å²) in [7, 11) is 2.05. The Kier molecular flexibility index (Phi) is 6.14. The van der Waals surface area contributed by atoms with Gasteiger partial charge in [-0.3, -0.25) is 9.78 Å². The molecule has 2 rings (SSSR count). The summed E-state index contributed by atoms with van der Waals surface area (Å²) in [6.45, 7) is 4.09. The van der Waals surface area contributed by atoms with Crippen LogP contribution >= 0.6 is 0 Å². The van der Waals surface area contributed by atoms with Crippen molar-refractivity contribution >= 4 is 12.2 Å². The van der Waals surface area contributed by atoms with Crippen molar-refractivity contribution < 1.29 is 9.90 Å². The number of carboxylic acid groups (broad SMARTS) is 1. The van der Waals surface area contributed by atoms with Gasteiger partial charge in [0.15, 0.2) is 0 Å². The first-order valence-corrected chi connectivity index (χ1v) is 6.14. The van der Waals surface area contributed by atoms with E-state index in [1.54, 1.807) is 0 Å². The Morgan fingerprint density at radius 1 is 1.50 bits per heavy atom. The van der Waals surface area contributed by atoms with E-state index < -0.39 is 0 Å². The zero-order chi connectivity index (χ0) is 13.4. The molecule has 0 unspecified atom stereocenters. The Balaban J connectivity index is 0.000000492. The first-order chi connectivity index (χ1) is 8.71. The van der Waals surface area contributed by atoms with Gasteiger partial charge in [-0.25, -0.2) is 0 Å². The second kappa shape index (κ2) is 7.66. The summed E-state index contributed by atoms with van der Waals surface area (Å²) < 4.78 is 0. The van der Waals surface area contributed by atoms with Crippen LogP contribution in [0.25, 0.3) is 0 Å². The average molecular weight is 251 g/mol. The third kappa shape index (κ3) is 4.33. The summed E-state index contributed by atoms with van der Waals surface area (Å²) >= 11 is 0. The summed E-state index contributed by atoms with van der Waals surface area (Å²) in [5.74, 6) is 0. The van der Waals surface area contributed by atoms with E-state index in [0.717, 1.165) is 18.8 Å².